The fourth-order valence-corrected chi connectivity index (χ4v) is 6.27. The quantitative estimate of drug-likeness (QED) is 0.376. The standard InChI is InChI=1S/C28H36N2O7/c1-27(2,3)10-6-7-13-8-9-14-11-15-12-16-20(30(4)5)23(33)19(26(29)36)25(35)28(16,37)24(34)18(15)22(32)17(14)21(13)31/h8-9,15-16,20,31-32,35,37H,6-7,10-12H2,1-5H3,(H2,29,36)/t15-,16-,20?,28-/m0/s1. The van der Waals surface area contributed by atoms with Crippen molar-refractivity contribution in [1.82, 2.24) is 4.90 Å². The van der Waals surface area contributed by atoms with Gasteiger partial charge in [0.2, 0.25) is 5.78 Å². The molecule has 0 saturated heterocycles. The number of phenolic OH excluding ortho intramolecular Hbond substituents is 1. The van der Waals surface area contributed by atoms with Gasteiger partial charge in [0.05, 0.1) is 11.6 Å². The number of carbonyl (C=O) groups excluding carboxylic acids is 3. The molecule has 3 aliphatic rings. The van der Waals surface area contributed by atoms with Crippen molar-refractivity contribution in [3.8, 4) is 5.75 Å². The molecule has 9 nitrogen and oxygen atoms in total. The van der Waals surface area contributed by atoms with Gasteiger partial charge in [-0.3, -0.25) is 19.3 Å². The van der Waals surface area contributed by atoms with Gasteiger partial charge in [-0.05, 0) is 68.7 Å². The Kier molecular flexibility index (Phi) is 6.53. The van der Waals surface area contributed by atoms with Crippen LogP contribution < -0.4 is 5.73 Å². The highest BCUT2D eigenvalue weighted by atomic mass is 16.3. The van der Waals surface area contributed by atoms with E-state index in [0.29, 0.717) is 24.0 Å². The average Bonchev–Trinajstić information content (AvgIpc) is 2.76. The molecule has 4 atom stereocenters. The Hall–Kier alpha value is -3.17. The van der Waals surface area contributed by atoms with Gasteiger partial charge in [-0.15, -0.1) is 0 Å². The summed E-state index contributed by atoms with van der Waals surface area (Å²) < 4.78 is 0. The van der Waals surface area contributed by atoms with Gasteiger partial charge in [-0.2, -0.15) is 0 Å². The first kappa shape index (κ1) is 26.9. The number of amides is 1. The van der Waals surface area contributed by atoms with Crippen LogP contribution in [0.1, 0.15) is 56.7 Å². The van der Waals surface area contributed by atoms with Crippen LogP contribution in [0.4, 0.5) is 0 Å². The number of fused-ring (bicyclic) bond motifs is 3. The van der Waals surface area contributed by atoms with Crippen LogP contribution in [0.3, 0.4) is 0 Å². The van der Waals surface area contributed by atoms with E-state index in [9.17, 15) is 34.8 Å². The predicted molar refractivity (Wildman–Crippen MR) is 137 cm³/mol. The number of rotatable bonds is 5. The molecule has 1 fully saturated rings. The first-order valence-corrected chi connectivity index (χ1v) is 12.6. The number of aliphatic hydroxyl groups is 3. The molecule has 200 valence electrons. The van der Waals surface area contributed by atoms with E-state index in [1.165, 1.54) is 4.90 Å². The third kappa shape index (κ3) is 4.14. The van der Waals surface area contributed by atoms with E-state index in [4.69, 9.17) is 5.73 Å². The number of Topliss-reactive ketones (excluding diaryl/α,β-unsaturated/α-hetero) is 2. The second-order valence-corrected chi connectivity index (χ2v) is 12.0. The molecule has 1 unspecified atom stereocenters. The molecule has 1 amide bonds. The monoisotopic (exact) mass is 512 g/mol. The number of benzene rings is 1. The summed E-state index contributed by atoms with van der Waals surface area (Å²) in [5, 5.41) is 44.9. The van der Waals surface area contributed by atoms with E-state index in [1.807, 2.05) is 12.1 Å². The van der Waals surface area contributed by atoms with Crippen LogP contribution in [0.25, 0.3) is 5.76 Å². The minimum atomic E-state index is -2.62. The molecule has 0 aliphatic heterocycles. The molecule has 4 rings (SSSR count). The molecule has 0 aromatic heterocycles. The Balaban J connectivity index is 1.83. The number of primary amides is 1. The fourth-order valence-electron chi connectivity index (χ4n) is 6.27. The molecule has 37 heavy (non-hydrogen) atoms. The van der Waals surface area contributed by atoms with Gasteiger partial charge in [-0.1, -0.05) is 32.9 Å². The van der Waals surface area contributed by atoms with E-state index in [2.05, 4.69) is 20.8 Å². The molecule has 6 N–H and O–H groups in total. The Morgan fingerprint density at radius 1 is 1.16 bits per heavy atom. The van der Waals surface area contributed by atoms with Crippen LogP contribution >= 0.6 is 0 Å². The molecular formula is C28H36N2O7. The Morgan fingerprint density at radius 2 is 1.81 bits per heavy atom. The molecule has 0 radical (unpaired) electrons. The fraction of sp³-hybridized carbons (Fsp3) is 0.536. The number of aromatic hydroxyl groups is 1. The van der Waals surface area contributed by atoms with Crippen molar-refractivity contribution in [2.24, 2.45) is 23.0 Å². The van der Waals surface area contributed by atoms with Gasteiger partial charge in [0.15, 0.2) is 11.4 Å². The van der Waals surface area contributed by atoms with Crippen molar-refractivity contribution < 1.29 is 34.8 Å². The van der Waals surface area contributed by atoms with Gasteiger partial charge in [0.25, 0.3) is 5.91 Å². The smallest absolute Gasteiger partial charge is 0.255 e. The number of aryl methyl sites for hydroxylation is 1. The summed E-state index contributed by atoms with van der Waals surface area (Å²) >= 11 is 0. The summed E-state index contributed by atoms with van der Waals surface area (Å²) in [6.07, 6.45) is 2.72. The van der Waals surface area contributed by atoms with Crippen molar-refractivity contribution in [3.05, 3.63) is 45.7 Å². The van der Waals surface area contributed by atoms with E-state index < -0.39 is 58.0 Å². The Bertz CT molecular complexity index is 1250. The molecule has 0 spiro atoms. The number of hydrogen-bond donors (Lipinski definition) is 5. The normalized spacial score (nSPS) is 27.8. The second kappa shape index (κ2) is 8.99. The SMILES string of the molecule is CN(C)C1C(=O)C(C(N)=O)=C(O)[C@@]2(O)C(=O)C3=C(O)c4c(ccc(CCCC(C)(C)C)c4O)C[C@H]3C[C@@H]12. The number of hydrogen-bond acceptors (Lipinski definition) is 8. The number of carbonyl (C=O) groups is 3. The summed E-state index contributed by atoms with van der Waals surface area (Å²) in [4.78, 5) is 40.5. The third-order valence-electron chi connectivity index (χ3n) is 8.05. The van der Waals surface area contributed by atoms with E-state index in [1.54, 1.807) is 14.1 Å². The lowest BCUT2D eigenvalue weighted by atomic mass is 9.57. The average molecular weight is 513 g/mol. The van der Waals surface area contributed by atoms with E-state index >= 15 is 0 Å². The lowest BCUT2D eigenvalue weighted by Gasteiger charge is -2.50. The van der Waals surface area contributed by atoms with Crippen molar-refractivity contribution in [2.75, 3.05) is 14.1 Å². The van der Waals surface area contributed by atoms with Crippen LogP contribution in [0.15, 0.2) is 29.0 Å². The van der Waals surface area contributed by atoms with Crippen LogP contribution in [0, 0.1) is 17.3 Å². The number of phenols is 1. The van der Waals surface area contributed by atoms with Crippen molar-refractivity contribution in [2.45, 2.75) is 64.5 Å². The highest BCUT2D eigenvalue weighted by Crippen LogP contribution is 2.52. The van der Waals surface area contributed by atoms with Crippen LogP contribution in [-0.4, -0.2) is 68.5 Å². The minimum absolute atomic E-state index is 0.0832. The van der Waals surface area contributed by atoms with E-state index in [0.717, 1.165) is 12.8 Å². The molecule has 3 aliphatic carbocycles. The zero-order valence-corrected chi connectivity index (χ0v) is 22.0. The van der Waals surface area contributed by atoms with Crippen LogP contribution in [-0.2, 0) is 27.2 Å². The maximum Gasteiger partial charge on any atom is 0.255 e. The number of nitrogens with zero attached hydrogens (tertiary/aromatic N) is 1. The zero-order chi connectivity index (χ0) is 27.6. The van der Waals surface area contributed by atoms with Crippen LogP contribution in [0.5, 0.6) is 5.75 Å². The second-order valence-electron chi connectivity index (χ2n) is 12.0. The molecule has 0 bridgehead atoms. The number of nitrogens with two attached hydrogens (primary N) is 1. The molecule has 0 heterocycles. The Morgan fingerprint density at radius 3 is 2.38 bits per heavy atom. The largest absolute Gasteiger partial charge is 0.508 e. The lowest BCUT2D eigenvalue weighted by Crippen LogP contribution is -2.65. The zero-order valence-electron chi connectivity index (χ0n) is 22.0. The molecule has 1 aromatic rings. The topological polar surface area (TPSA) is 161 Å². The first-order chi connectivity index (χ1) is 17.1. The van der Waals surface area contributed by atoms with Crippen molar-refractivity contribution >= 4 is 23.2 Å². The summed E-state index contributed by atoms with van der Waals surface area (Å²) in [5.74, 6) is -6.28. The van der Waals surface area contributed by atoms with Crippen molar-refractivity contribution in [3.63, 3.8) is 0 Å². The maximum absolute atomic E-state index is 13.8. The summed E-state index contributed by atoms with van der Waals surface area (Å²) in [5.41, 5.74) is 3.36. The number of aliphatic hydroxyl groups excluding tert-OH is 2. The summed E-state index contributed by atoms with van der Waals surface area (Å²) in [7, 11) is 3.15. The first-order valence-electron chi connectivity index (χ1n) is 12.6. The van der Waals surface area contributed by atoms with Crippen molar-refractivity contribution in [1.29, 1.82) is 0 Å². The molecule has 9 heteroatoms. The van der Waals surface area contributed by atoms with Crippen LogP contribution in [0.2, 0.25) is 0 Å². The predicted octanol–water partition coefficient (Wildman–Crippen LogP) is 2.33. The highest BCUT2D eigenvalue weighted by molar-refractivity contribution is 6.24. The molecular weight excluding hydrogens is 476 g/mol. The van der Waals surface area contributed by atoms with Gasteiger partial charge in [0, 0.05) is 11.5 Å². The minimum Gasteiger partial charge on any atom is -0.508 e. The summed E-state index contributed by atoms with van der Waals surface area (Å²) in [6, 6.07) is 2.57. The molecule has 1 saturated carbocycles. The third-order valence-corrected chi connectivity index (χ3v) is 8.05. The highest BCUT2D eigenvalue weighted by Gasteiger charge is 2.64. The van der Waals surface area contributed by atoms with Gasteiger partial charge >= 0.3 is 0 Å². The van der Waals surface area contributed by atoms with Gasteiger partial charge in [0.1, 0.15) is 22.8 Å². The number of ketones is 2. The molecule has 1 aromatic carbocycles. The Labute approximate surface area is 216 Å². The van der Waals surface area contributed by atoms with Gasteiger partial charge < -0.3 is 26.2 Å². The summed E-state index contributed by atoms with van der Waals surface area (Å²) in [6.45, 7) is 6.40. The van der Waals surface area contributed by atoms with Gasteiger partial charge in [-0.25, -0.2) is 0 Å². The van der Waals surface area contributed by atoms with E-state index in [-0.39, 0.29) is 28.7 Å². The number of likely N-dealkylation sites (N-methyl/N-ethyl adjacent to an activating group) is 1. The maximum atomic E-state index is 13.8. The lowest BCUT2D eigenvalue weighted by molar-refractivity contribution is -0.153.